The molecule has 1 aromatic rings. The highest BCUT2D eigenvalue weighted by molar-refractivity contribution is 6.30. The molecule has 1 amide bonds. The summed E-state index contributed by atoms with van der Waals surface area (Å²) in [5.74, 6) is 0.416. The molecule has 0 aromatic heterocycles. The van der Waals surface area contributed by atoms with Crippen molar-refractivity contribution in [3.63, 3.8) is 0 Å². The molecule has 1 heterocycles. The number of rotatable bonds is 4. The zero-order valence-corrected chi connectivity index (χ0v) is 15.9. The summed E-state index contributed by atoms with van der Waals surface area (Å²) in [6, 6.07) is 8.45. The minimum Gasteiger partial charge on any atom is -0.353 e. The number of carbonyl (C=O) groups excluding carboxylic acids is 1. The van der Waals surface area contributed by atoms with Crippen LogP contribution in [0, 0.1) is 5.92 Å². The highest BCUT2D eigenvalue weighted by atomic mass is 35.5. The molecule has 3 rings (SSSR count). The Balaban J connectivity index is 1.50. The van der Waals surface area contributed by atoms with Crippen molar-refractivity contribution in [2.24, 2.45) is 5.92 Å². The summed E-state index contributed by atoms with van der Waals surface area (Å²) in [5.41, 5.74) is 1.23. The SMILES string of the molecule is O=C(NC1CCCCCCC1)C1CCCN(Cc2cccc(Cl)c2)C1. The van der Waals surface area contributed by atoms with E-state index in [4.69, 9.17) is 11.6 Å². The van der Waals surface area contributed by atoms with Crippen LogP contribution in [0.15, 0.2) is 24.3 Å². The van der Waals surface area contributed by atoms with Crippen molar-refractivity contribution in [1.82, 2.24) is 10.2 Å². The van der Waals surface area contributed by atoms with Crippen LogP contribution in [0.3, 0.4) is 0 Å². The van der Waals surface area contributed by atoms with E-state index in [2.05, 4.69) is 16.3 Å². The van der Waals surface area contributed by atoms with Crippen LogP contribution in [0.2, 0.25) is 5.02 Å². The van der Waals surface area contributed by atoms with E-state index in [-0.39, 0.29) is 11.8 Å². The van der Waals surface area contributed by atoms with Gasteiger partial charge in [0.05, 0.1) is 5.92 Å². The van der Waals surface area contributed by atoms with E-state index in [9.17, 15) is 4.79 Å². The van der Waals surface area contributed by atoms with E-state index in [1.165, 1.54) is 37.7 Å². The Morgan fingerprint density at radius 2 is 1.84 bits per heavy atom. The fourth-order valence-electron chi connectivity index (χ4n) is 4.23. The summed E-state index contributed by atoms with van der Waals surface area (Å²) in [4.78, 5) is 15.2. The van der Waals surface area contributed by atoms with Crippen molar-refractivity contribution in [2.75, 3.05) is 13.1 Å². The molecule has 2 aliphatic rings. The number of piperidine rings is 1. The number of halogens is 1. The quantitative estimate of drug-likeness (QED) is 0.835. The van der Waals surface area contributed by atoms with Crippen LogP contribution >= 0.6 is 11.6 Å². The van der Waals surface area contributed by atoms with Gasteiger partial charge in [0.15, 0.2) is 0 Å². The molecule has 2 fully saturated rings. The minimum absolute atomic E-state index is 0.137. The average molecular weight is 363 g/mol. The van der Waals surface area contributed by atoms with Gasteiger partial charge in [0.1, 0.15) is 0 Å². The highest BCUT2D eigenvalue weighted by Gasteiger charge is 2.27. The van der Waals surface area contributed by atoms with Crippen molar-refractivity contribution in [3.05, 3.63) is 34.9 Å². The second-order valence-corrected chi connectivity index (χ2v) is 8.19. The number of hydrogen-bond donors (Lipinski definition) is 1. The van der Waals surface area contributed by atoms with Gasteiger partial charge in [-0.15, -0.1) is 0 Å². The van der Waals surface area contributed by atoms with E-state index < -0.39 is 0 Å². The zero-order chi connectivity index (χ0) is 17.5. The number of hydrogen-bond acceptors (Lipinski definition) is 2. The molecule has 138 valence electrons. The molecule has 3 nitrogen and oxygen atoms in total. The lowest BCUT2D eigenvalue weighted by Crippen LogP contribution is -2.45. The lowest BCUT2D eigenvalue weighted by Gasteiger charge is -2.33. The van der Waals surface area contributed by atoms with Gasteiger partial charge in [0.25, 0.3) is 0 Å². The number of benzene rings is 1. The Kier molecular flexibility index (Phi) is 7.18. The predicted molar refractivity (Wildman–Crippen MR) is 104 cm³/mol. The molecule has 1 saturated carbocycles. The van der Waals surface area contributed by atoms with Crippen molar-refractivity contribution in [2.45, 2.75) is 70.4 Å². The van der Waals surface area contributed by atoms with Gasteiger partial charge < -0.3 is 5.32 Å². The van der Waals surface area contributed by atoms with Crippen LogP contribution in [0.1, 0.15) is 63.4 Å². The van der Waals surface area contributed by atoms with Crippen molar-refractivity contribution < 1.29 is 4.79 Å². The van der Waals surface area contributed by atoms with Crippen LogP contribution in [0.25, 0.3) is 0 Å². The molecular formula is C21H31ClN2O. The topological polar surface area (TPSA) is 32.3 Å². The summed E-state index contributed by atoms with van der Waals surface area (Å²) in [5, 5.41) is 4.15. The number of carbonyl (C=O) groups is 1. The Morgan fingerprint density at radius 1 is 1.08 bits per heavy atom. The molecule has 1 aliphatic carbocycles. The summed E-state index contributed by atoms with van der Waals surface area (Å²) in [6.07, 6.45) is 11.0. The average Bonchev–Trinajstić information content (AvgIpc) is 2.57. The highest BCUT2D eigenvalue weighted by Crippen LogP contribution is 2.22. The van der Waals surface area contributed by atoms with E-state index in [0.29, 0.717) is 6.04 Å². The van der Waals surface area contributed by atoms with Gasteiger partial charge in [0.2, 0.25) is 5.91 Å². The molecule has 25 heavy (non-hydrogen) atoms. The first-order chi connectivity index (χ1) is 12.2. The van der Waals surface area contributed by atoms with Crippen LogP contribution in [0.5, 0.6) is 0 Å². The number of nitrogens with zero attached hydrogens (tertiary/aromatic N) is 1. The first-order valence-electron chi connectivity index (χ1n) is 9.98. The van der Waals surface area contributed by atoms with Crippen molar-refractivity contribution in [1.29, 1.82) is 0 Å². The lowest BCUT2D eigenvalue weighted by atomic mass is 9.93. The second kappa shape index (κ2) is 9.59. The minimum atomic E-state index is 0.137. The largest absolute Gasteiger partial charge is 0.353 e. The Labute approximate surface area is 157 Å². The molecule has 1 aromatic carbocycles. The van der Waals surface area contributed by atoms with E-state index in [1.807, 2.05) is 18.2 Å². The fraction of sp³-hybridized carbons (Fsp3) is 0.667. The maximum Gasteiger partial charge on any atom is 0.224 e. The van der Waals surface area contributed by atoms with Crippen molar-refractivity contribution in [3.8, 4) is 0 Å². The van der Waals surface area contributed by atoms with Crippen LogP contribution in [0.4, 0.5) is 0 Å². The molecule has 0 radical (unpaired) electrons. The number of likely N-dealkylation sites (tertiary alicyclic amines) is 1. The van der Waals surface area contributed by atoms with Gasteiger partial charge in [-0.25, -0.2) is 0 Å². The van der Waals surface area contributed by atoms with E-state index in [1.54, 1.807) is 0 Å². The normalized spacial score (nSPS) is 23.6. The van der Waals surface area contributed by atoms with Crippen molar-refractivity contribution >= 4 is 17.5 Å². The Hall–Kier alpha value is -1.06. The van der Waals surface area contributed by atoms with Crippen LogP contribution in [-0.2, 0) is 11.3 Å². The lowest BCUT2D eigenvalue weighted by molar-refractivity contribution is -0.127. The monoisotopic (exact) mass is 362 g/mol. The van der Waals surface area contributed by atoms with Crippen LogP contribution in [-0.4, -0.2) is 29.9 Å². The maximum absolute atomic E-state index is 12.8. The third kappa shape index (κ3) is 6.00. The van der Waals surface area contributed by atoms with Crippen LogP contribution < -0.4 is 5.32 Å². The number of nitrogens with one attached hydrogen (secondary N) is 1. The molecule has 1 saturated heterocycles. The Morgan fingerprint density at radius 3 is 2.60 bits per heavy atom. The molecule has 1 unspecified atom stereocenters. The summed E-state index contributed by atoms with van der Waals surface area (Å²) < 4.78 is 0. The molecule has 1 aliphatic heterocycles. The standard InChI is InChI=1S/C21H31ClN2O/c22-19-10-6-8-17(14-19)15-24-13-7-9-18(16-24)21(25)23-20-11-4-2-1-3-5-12-20/h6,8,10,14,18,20H,1-5,7,9,11-13,15-16H2,(H,23,25). The molecule has 0 spiro atoms. The molecule has 1 atom stereocenters. The van der Waals surface area contributed by atoms with Gasteiger partial charge in [0, 0.05) is 24.2 Å². The predicted octanol–water partition coefficient (Wildman–Crippen LogP) is 4.78. The number of amides is 1. The van der Waals surface area contributed by atoms with Gasteiger partial charge >= 0.3 is 0 Å². The summed E-state index contributed by atoms with van der Waals surface area (Å²) >= 11 is 6.09. The Bertz CT molecular complexity index is 555. The molecule has 4 heteroatoms. The summed E-state index contributed by atoms with van der Waals surface area (Å²) in [6.45, 7) is 2.82. The van der Waals surface area contributed by atoms with E-state index >= 15 is 0 Å². The van der Waals surface area contributed by atoms with Gasteiger partial charge in [-0.1, -0.05) is 55.8 Å². The molecular weight excluding hydrogens is 332 g/mol. The first-order valence-corrected chi connectivity index (χ1v) is 10.4. The zero-order valence-electron chi connectivity index (χ0n) is 15.2. The van der Waals surface area contributed by atoms with E-state index in [0.717, 1.165) is 50.3 Å². The summed E-state index contributed by atoms with van der Waals surface area (Å²) in [7, 11) is 0. The smallest absolute Gasteiger partial charge is 0.224 e. The maximum atomic E-state index is 12.8. The second-order valence-electron chi connectivity index (χ2n) is 7.75. The van der Waals surface area contributed by atoms with Gasteiger partial charge in [-0.05, 0) is 49.9 Å². The fourth-order valence-corrected chi connectivity index (χ4v) is 4.44. The third-order valence-electron chi connectivity index (χ3n) is 5.62. The molecule has 1 N–H and O–H groups in total. The third-order valence-corrected chi connectivity index (χ3v) is 5.86. The molecule has 0 bridgehead atoms. The van der Waals surface area contributed by atoms with Gasteiger partial charge in [-0.3, -0.25) is 9.69 Å². The first kappa shape index (κ1) is 18.7. The van der Waals surface area contributed by atoms with Gasteiger partial charge in [-0.2, -0.15) is 0 Å².